The first kappa shape index (κ1) is 24.7. The number of anilines is 2. The van der Waals surface area contributed by atoms with Gasteiger partial charge in [-0.15, -0.1) is 0 Å². The average molecular weight is 508 g/mol. The lowest BCUT2D eigenvalue weighted by molar-refractivity contribution is -0.138. The fraction of sp³-hybridized carbons (Fsp3) is 0.481. The fourth-order valence-corrected chi connectivity index (χ4v) is 5.40. The number of aromatic nitrogens is 3. The van der Waals surface area contributed by atoms with Gasteiger partial charge in [0, 0.05) is 69.1 Å². The normalized spacial score (nSPS) is 17.5. The molecule has 0 aliphatic carbocycles. The molecule has 0 unspecified atom stereocenters. The smallest absolute Gasteiger partial charge is 0.225 e. The van der Waals surface area contributed by atoms with Gasteiger partial charge in [-0.1, -0.05) is 36.7 Å². The van der Waals surface area contributed by atoms with E-state index in [4.69, 9.17) is 16.6 Å². The molecular weight excluding hydrogens is 474 g/mol. The maximum atomic E-state index is 13.1. The number of halogens is 1. The van der Waals surface area contributed by atoms with Gasteiger partial charge in [0.25, 0.3) is 0 Å². The van der Waals surface area contributed by atoms with Crippen molar-refractivity contribution in [3.63, 3.8) is 0 Å². The van der Waals surface area contributed by atoms with Gasteiger partial charge in [0.05, 0.1) is 10.9 Å². The van der Waals surface area contributed by atoms with E-state index in [1.54, 1.807) is 6.20 Å². The second kappa shape index (κ2) is 11.4. The number of nitrogens with one attached hydrogen (secondary N) is 1. The van der Waals surface area contributed by atoms with Crippen LogP contribution >= 0.6 is 11.6 Å². The standard InChI is InChI=1S/C27H34ClN7O/c1-2-11-33-14-16-35(17-15-33)26(36)20-8-12-34(13-9-20)25-22-19-31-27(32-24(22)7-10-29-25)30-18-21-5-3-4-6-23(21)28/h3-7,10,19-20H,2,8-9,11-18H2,1H3,(H,30,31,32). The predicted octanol–water partition coefficient (Wildman–Crippen LogP) is 4.06. The highest BCUT2D eigenvalue weighted by Crippen LogP contribution is 2.29. The summed E-state index contributed by atoms with van der Waals surface area (Å²) in [6, 6.07) is 9.66. The summed E-state index contributed by atoms with van der Waals surface area (Å²) in [7, 11) is 0. The predicted molar refractivity (Wildman–Crippen MR) is 144 cm³/mol. The number of piperazine rings is 1. The molecule has 0 saturated carbocycles. The van der Waals surface area contributed by atoms with Crippen molar-refractivity contribution in [1.82, 2.24) is 24.8 Å². The van der Waals surface area contributed by atoms with Crippen LogP contribution in [0.3, 0.4) is 0 Å². The number of piperidine rings is 1. The summed E-state index contributed by atoms with van der Waals surface area (Å²) in [6.07, 6.45) is 6.51. The van der Waals surface area contributed by atoms with Gasteiger partial charge in [-0.2, -0.15) is 0 Å². The number of hydrogen-bond acceptors (Lipinski definition) is 7. The first-order valence-corrected chi connectivity index (χ1v) is 13.4. The number of fused-ring (bicyclic) bond motifs is 1. The quantitative estimate of drug-likeness (QED) is 0.516. The molecule has 4 heterocycles. The van der Waals surface area contributed by atoms with Crippen LogP contribution in [0.25, 0.3) is 10.9 Å². The lowest BCUT2D eigenvalue weighted by Crippen LogP contribution is -2.51. The lowest BCUT2D eigenvalue weighted by atomic mass is 9.94. The molecule has 0 spiro atoms. The summed E-state index contributed by atoms with van der Waals surface area (Å²) in [4.78, 5) is 33.8. The van der Waals surface area contributed by atoms with E-state index in [1.807, 2.05) is 36.5 Å². The number of amides is 1. The van der Waals surface area contributed by atoms with E-state index < -0.39 is 0 Å². The van der Waals surface area contributed by atoms with E-state index in [0.29, 0.717) is 18.4 Å². The van der Waals surface area contributed by atoms with Crippen LogP contribution in [0.5, 0.6) is 0 Å². The van der Waals surface area contributed by atoms with Gasteiger partial charge < -0.3 is 15.1 Å². The Morgan fingerprint density at radius 1 is 1.06 bits per heavy atom. The van der Waals surface area contributed by atoms with Gasteiger partial charge in [0.1, 0.15) is 5.82 Å². The highest BCUT2D eigenvalue weighted by atomic mass is 35.5. The van der Waals surface area contributed by atoms with Crippen LogP contribution in [0, 0.1) is 5.92 Å². The maximum absolute atomic E-state index is 13.1. The second-order valence-corrected chi connectivity index (χ2v) is 10.0. The van der Waals surface area contributed by atoms with Crippen LogP contribution < -0.4 is 10.2 Å². The number of rotatable bonds is 7. The van der Waals surface area contributed by atoms with Crippen molar-refractivity contribution in [2.45, 2.75) is 32.7 Å². The van der Waals surface area contributed by atoms with Gasteiger partial charge in [-0.05, 0) is 43.5 Å². The van der Waals surface area contributed by atoms with Crippen molar-refractivity contribution < 1.29 is 4.79 Å². The van der Waals surface area contributed by atoms with Gasteiger partial charge in [0.15, 0.2) is 0 Å². The lowest BCUT2D eigenvalue weighted by Gasteiger charge is -2.38. The number of benzene rings is 1. The van der Waals surface area contributed by atoms with Crippen molar-refractivity contribution >= 4 is 40.2 Å². The van der Waals surface area contributed by atoms with Crippen molar-refractivity contribution in [3.8, 4) is 0 Å². The number of pyridine rings is 1. The largest absolute Gasteiger partial charge is 0.356 e. The van der Waals surface area contributed by atoms with Gasteiger partial charge in [-0.3, -0.25) is 9.69 Å². The third-order valence-electron chi connectivity index (χ3n) is 7.25. The molecule has 1 amide bonds. The molecule has 5 rings (SSSR count). The van der Waals surface area contributed by atoms with Crippen LogP contribution in [0.4, 0.5) is 11.8 Å². The summed E-state index contributed by atoms with van der Waals surface area (Å²) < 4.78 is 0. The second-order valence-electron chi connectivity index (χ2n) is 9.63. The van der Waals surface area contributed by atoms with Crippen molar-refractivity contribution in [2.24, 2.45) is 5.92 Å². The molecule has 36 heavy (non-hydrogen) atoms. The number of nitrogens with zero attached hydrogens (tertiary/aromatic N) is 6. The summed E-state index contributed by atoms with van der Waals surface area (Å²) in [6.45, 7) is 9.21. The summed E-state index contributed by atoms with van der Waals surface area (Å²) in [5.74, 6) is 1.88. The van der Waals surface area contributed by atoms with E-state index in [1.165, 1.54) is 6.42 Å². The minimum absolute atomic E-state index is 0.103. The average Bonchev–Trinajstić information content (AvgIpc) is 2.92. The van der Waals surface area contributed by atoms with Crippen LogP contribution in [0.15, 0.2) is 42.7 Å². The Balaban J connectivity index is 1.20. The molecule has 2 aliphatic rings. The van der Waals surface area contributed by atoms with Gasteiger partial charge in [0.2, 0.25) is 11.9 Å². The summed E-state index contributed by atoms with van der Waals surface area (Å²) in [5, 5.41) is 4.91. The topological polar surface area (TPSA) is 77.5 Å². The molecule has 0 atom stereocenters. The third-order valence-corrected chi connectivity index (χ3v) is 7.62. The van der Waals surface area contributed by atoms with Crippen molar-refractivity contribution in [2.75, 3.05) is 56.0 Å². The molecule has 3 aromatic rings. The Morgan fingerprint density at radius 3 is 2.58 bits per heavy atom. The SMILES string of the molecule is CCCN1CCN(C(=O)C2CCN(c3nccc4nc(NCc5ccccc5Cl)ncc34)CC2)CC1. The van der Waals surface area contributed by atoms with Crippen LogP contribution in [0.2, 0.25) is 5.02 Å². The summed E-state index contributed by atoms with van der Waals surface area (Å²) >= 11 is 6.26. The maximum Gasteiger partial charge on any atom is 0.225 e. The minimum atomic E-state index is 0.103. The fourth-order valence-electron chi connectivity index (χ4n) is 5.20. The van der Waals surface area contributed by atoms with E-state index in [0.717, 1.165) is 86.0 Å². The Kier molecular flexibility index (Phi) is 7.82. The molecular formula is C27H34ClN7O. The zero-order valence-corrected chi connectivity index (χ0v) is 21.6. The molecule has 8 nitrogen and oxygen atoms in total. The molecule has 0 radical (unpaired) electrons. The van der Waals surface area contributed by atoms with E-state index in [9.17, 15) is 4.79 Å². The molecule has 2 aliphatic heterocycles. The molecule has 0 bridgehead atoms. The van der Waals surface area contributed by atoms with Gasteiger partial charge in [-0.25, -0.2) is 15.0 Å². The number of carbonyl (C=O) groups is 1. The molecule has 1 aromatic carbocycles. The van der Waals surface area contributed by atoms with Crippen molar-refractivity contribution in [1.29, 1.82) is 0 Å². The monoisotopic (exact) mass is 507 g/mol. The number of carbonyl (C=O) groups excluding carboxylic acids is 1. The highest BCUT2D eigenvalue weighted by molar-refractivity contribution is 6.31. The van der Waals surface area contributed by atoms with Crippen molar-refractivity contribution in [3.05, 3.63) is 53.3 Å². The van der Waals surface area contributed by atoms with E-state index >= 15 is 0 Å². The van der Waals surface area contributed by atoms with Crippen LogP contribution in [-0.4, -0.2) is 76.5 Å². The highest BCUT2D eigenvalue weighted by Gasteiger charge is 2.31. The Morgan fingerprint density at radius 2 is 1.83 bits per heavy atom. The van der Waals surface area contributed by atoms with E-state index in [-0.39, 0.29) is 5.92 Å². The minimum Gasteiger partial charge on any atom is -0.356 e. The van der Waals surface area contributed by atoms with E-state index in [2.05, 4.69) is 36.9 Å². The third kappa shape index (κ3) is 5.55. The first-order chi connectivity index (χ1) is 17.6. The van der Waals surface area contributed by atoms with Gasteiger partial charge >= 0.3 is 0 Å². The Hall–Kier alpha value is -2.97. The Bertz CT molecular complexity index is 1190. The zero-order valence-electron chi connectivity index (χ0n) is 20.9. The molecule has 2 fully saturated rings. The molecule has 2 saturated heterocycles. The molecule has 1 N–H and O–H groups in total. The van der Waals surface area contributed by atoms with Crippen LogP contribution in [-0.2, 0) is 11.3 Å². The summed E-state index contributed by atoms with van der Waals surface area (Å²) in [5.41, 5.74) is 1.85. The molecule has 9 heteroatoms. The molecule has 2 aromatic heterocycles. The van der Waals surface area contributed by atoms with Crippen LogP contribution in [0.1, 0.15) is 31.7 Å². The molecule has 190 valence electrons. The first-order valence-electron chi connectivity index (χ1n) is 13.0. The zero-order chi connectivity index (χ0) is 24.9. The Labute approximate surface area is 217 Å². The number of hydrogen-bond donors (Lipinski definition) is 1.